The number of hydrogen-bond acceptors (Lipinski definition) is 7. The van der Waals surface area contributed by atoms with E-state index in [0.29, 0.717) is 11.3 Å². The van der Waals surface area contributed by atoms with Crippen molar-refractivity contribution >= 4 is 56.4 Å². The molecule has 0 aliphatic heterocycles. The second-order valence-corrected chi connectivity index (χ2v) is 11.0. The van der Waals surface area contributed by atoms with Gasteiger partial charge in [-0.15, -0.1) is 11.3 Å². The minimum atomic E-state index is -3.48. The molecule has 0 radical (unpaired) electrons. The van der Waals surface area contributed by atoms with Crippen LogP contribution in [0.25, 0.3) is 22.3 Å². The standard InChI is InChI=1S/C25H20ClN3O5S2/c1-36(32,33)19-10-11-20(26)21(14-19)27-23(30)16-34-24(31)12-9-17-15-29(18-6-3-2-4-7-18)28-25(17)22-8-5-13-35-22/h2-15H,16H2,1H3,(H,27,30)/b12-9+. The number of halogens is 1. The van der Waals surface area contributed by atoms with Crippen molar-refractivity contribution in [2.45, 2.75) is 4.90 Å². The SMILES string of the molecule is CS(=O)(=O)c1ccc(Cl)c(NC(=O)COC(=O)/C=C/c2cn(-c3ccccc3)nc2-c2cccs2)c1. The molecule has 4 aromatic rings. The quantitative estimate of drug-likeness (QED) is 0.252. The average molecular weight is 542 g/mol. The summed E-state index contributed by atoms with van der Waals surface area (Å²) < 4.78 is 30.2. The molecule has 4 rings (SSSR count). The number of thiophene rings is 1. The van der Waals surface area contributed by atoms with Crippen molar-refractivity contribution in [3.05, 3.63) is 88.9 Å². The lowest BCUT2D eigenvalue weighted by molar-refractivity contribution is -0.142. The molecule has 184 valence electrons. The van der Waals surface area contributed by atoms with Crippen molar-refractivity contribution < 1.29 is 22.7 Å². The number of esters is 1. The normalized spacial score (nSPS) is 11.5. The second-order valence-electron chi connectivity index (χ2n) is 7.59. The van der Waals surface area contributed by atoms with Crippen molar-refractivity contribution in [3.63, 3.8) is 0 Å². The van der Waals surface area contributed by atoms with Gasteiger partial charge in [0.15, 0.2) is 16.4 Å². The predicted octanol–water partition coefficient (Wildman–Crippen LogP) is 4.85. The van der Waals surface area contributed by atoms with E-state index in [-0.39, 0.29) is 15.6 Å². The molecule has 2 heterocycles. The van der Waals surface area contributed by atoms with Crippen LogP contribution in [-0.2, 0) is 24.2 Å². The van der Waals surface area contributed by atoms with Crippen LogP contribution >= 0.6 is 22.9 Å². The molecule has 0 saturated carbocycles. The summed E-state index contributed by atoms with van der Waals surface area (Å²) in [5, 5.41) is 9.20. The zero-order valence-corrected chi connectivity index (χ0v) is 21.3. The highest BCUT2D eigenvalue weighted by molar-refractivity contribution is 7.90. The highest BCUT2D eigenvalue weighted by Gasteiger charge is 2.14. The topological polar surface area (TPSA) is 107 Å². The summed E-state index contributed by atoms with van der Waals surface area (Å²) in [7, 11) is -3.48. The molecule has 2 aromatic heterocycles. The molecule has 0 aliphatic rings. The largest absolute Gasteiger partial charge is 0.452 e. The van der Waals surface area contributed by atoms with Gasteiger partial charge in [0, 0.05) is 24.1 Å². The molecule has 0 saturated heterocycles. The van der Waals surface area contributed by atoms with Gasteiger partial charge in [0.05, 0.1) is 26.2 Å². The fourth-order valence-electron chi connectivity index (χ4n) is 3.19. The number of carbonyl (C=O) groups excluding carboxylic acids is 2. The summed E-state index contributed by atoms with van der Waals surface area (Å²) in [5.74, 6) is -1.40. The lowest BCUT2D eigenvalue weighted by Crippen LogP contribution is -2.20. The number of para-hydroxylation sites is 1. The number of nitrogens with one attached hydrogen (secondary N) is 1. The van der Waals surface area contributed by atoms with E-state index >= 15 is 0 Å². The van der Waals surface area contributed by atoms with Crippen molar-refractivity contribution in [1.82, 2.24) is 9.78 Å². The van der Waals surface area contributed by atoms with E-state index in [1.807, 2.05) is 47.8 Å². The van der Waals surface area contributed by atoms with Crippen LogP contribution in [0.3, 0.4) is 0 Å². The first kappa shape index (κ1) is 25.4. The van der Waals surface area contributed by atoms with Crippen LogP contribution in [0.5, 0.6) is 0 Å². The minimum Gasteiger partial charge on any atom is -0.452 e. The molecule has 8 nitrogen and oxygen atoms in total. The van der Waals surface area contributed by atoms with Crippen molar-refractivity contribution in [2.24, 2.45) is 0 Å². The van der Waals surface area contributed by atoms with Gasteiger partial charge in [-0.2, -0.15) is 5.10 Å². The summed E-state index contributed by atoms with van der Waals surface area (Å²) in [6.45, 7) is -0.580. The van der Waals surface area contributed by atoms with Gasteiger partial charge in [0.25, 0.3) is 5.91 Å². The van der Waals surface area contributed by atoms with E-state index < -0.39 is 28.3 Å². The Labute approximate surface area is 216 Å². The van der Waals surface area contributed by atoms with E-state index in [2.05, 4.69) is 10.4 Å². The number of rotatable bonds is 8. The molecular weight excluding hydrogens is 522 g/mol. The van der Waals surface area contributed by atoms with Crippen molar-refractivity contribution in [3.8, 4) is 16.3 Å². The maximum atomic E-state index is 12.3. The van der Waals surface area contributed by atoms with Gasteiger partial charge in [-0.3, -0.25) is 4.79 Å². The van der Waals surface area contributed by atoms with Crippen LogP contribution in [0.15, 0.2) is 83.2 Å². The summed E-state index contributed by atoms with van der Waals surface area (Å²) in [4.78, 5) is 25.5. The number of hydrogen-bond donors (Lipinski definition) is 1. The van der Waals surface area contributed by atoms with Crippen LogP contribution < -0.4 is 5.32 Å². The minimum absolute atomic E-state index is 0.000257. The second kappa shape index (κ2) is 10.9. The van der Waals surface area contributed by atoms with Crippen LogP contribution in [0.1, 0.15) is 5.56 Å². The van der Waals surface area contributed by atoms with Gasteiger partial charge in [-0.05, 0) is 47.9 Å². The Morgan fingerprint density at radius 1 is 1.14 bits per heavy atom. The number of anilines is 1. The molecule has 0 aliphatic carbocycles. The third kappa shape index (κ3) is 6.28. The maximum absolute atomic E-state index is 12.3. The number of nitrogens with zero attached hydrogens (tertiary/aromatic N) is 2. The van der Waals surface area contributed by atoms with E-state index in [1.165, 1.54) is 35.6 Å². The summed E-state index contributed by atoms with van der Waals surface area (Å²) in [5.41, 5.74) is 2.38. The highest BCUT2D eigenvalue weighted by atomic mass is 35.5. The van der Waals surface area contributed by atoms with Crippen molar-refractivity contribution in [2.75, 3.05) is 18.2 Å². The van der Waals surface area contributed by atoms with Gasteiger partial charge >= 0.3 is 5.97 Å². The van der Waals surface area contributed by atoms with E-state index in [1.54, 1.807) is 17.0 Å². The Morgan fingerprint density at radius 2 is 1.92 bits per heavy atom. The lowest BCUT2D eigenvalue weighted by atomic mass is 10.2. The van der Waals surface area contributed by atoms with Gasteiger partial charge < -0.3 is 10.1 Å². The monoisotopic (exact) mass is 541 g/mol. The molecule has 1 N–H and O–H groups in total. The Kier molecular flexibility index (Phi) is 7.68. The third-order valence-electron chi connectivity index (χ3n) is 4.90. The van der Waals surface area contributed by atoms with Gasteiger partial charge in [0.2, 0.25) is 0 Å². The Morgan fingerprint density at radius 3 is 2.61 bits per heavy atom. The van der Waals surface area contributed by atoms with Crippen LogP contribution in [-0.4, -0.2) is 42.9 Å². The molecule has 0 bridgehead atoms. The fourth-order valence-corrected chi connectivity index (χ4v) is 4.73. The predicted molar refractivity (Wildman–Crippen MR) is 140 cm³/mol. The molecule has 1 amide bonds. The average Bonchev–Trinajstić information content (AvgIpc) is 3.53. The summed E-state index contributed by atoms with van der Waals surface area (Å²) >= 11 is 7.56. The highest BCUT2D eigenvalue weighted by Crippen LogP contribution is 2.29. The molecule has 11 heteroatoms. The molecule has 0 atom stereocenters. The zero-order chi connectivity index (χ0) is 25.7. The van der Waals surface area contributed by atoms with Gasteiger partial charge in [-0.25, -0.2) is 17.9 Å². The fraction of sp³-hybridized carbons (Fsp3) is 0.0800. The first-order valence-corrected chi connectivity index (χ1v) is 13.7. The van der Waals surface area contributed by atoms with Crippen LogP contribution in [0.4, 0.5) is 5.69 Å². The van der Waals surface area contributed by atoms with E-state index in [4.69, 9.17) is 16.3 Å². The number of sulfone groups is 1. The smallest absolute Gasteiger partial charge is 0.331 e. The van der Waals surface area contributed by atoms with E-state index in [9.17, 15) is 18.0 Å². The van der Waals surface area contributed by atoms with Crippen LogP contribution in [0.2, 0.25) is 5.02 Å². The molecule has 0 fully saturated rings. The number of amides is 1. The number of aromatic nitrogens is 2. The first-order valence-electron chi connectivity index (χ1n) is 10.5. The first-order chi connectivity index (χ1) is 17.2. The molecule has 2 aromatic carbocycles. The number of carbonyl (C=O) groups is 2. The zero-order valence-electron chi connectivity index (χ0n) is 18.9. The molecule has 0 spiro atoms. The molecule has 36 heavy (non-hydrogen) atoms. The molecule has 0 unspecified atom stereocenters. The van der Waals surface area contributed by atoms with Gasteiger partial charge in [0.1, 0.15) is 5.69 Å². The van der Waals surface area contributed by atoms with E-state index in [0.717, 1.165) is 16.8 Å². The lowest BCUT2D eigenvalue weighted by Gasteiger charge is -2.09. The number of benzene rings is 2. The Hall–Kier alpha value is -3.73. The summed E-state index contributed by atoms with van der Waals surface area (Å²) in [6, 6.07) is 17.4. The Balaban J connectivity index is 1.43. The van der Waals surface area contributed by atoms with Crippen LogP contribution in [0, 0.1) is 0 Å². The maximum Gasteiger partial charge on any atom is 0.331 e. The van der Waals surface area contributed by atoms with Gasteiger partial charge in [-0.1, -0.05) is 35.9 Å². The third-order valence-corrected chi connectivity index (χ3v) is 7.22. The number of ether oxygens (including phenoxy) is 1. The van der Waals surface area contributed by atoms with Crippen molar-refractivity contribution in [1.29, 1.82) is 0 Å². The summed E-state index contributed by atoms with van der Waals surface area (Å²) in [6.07, 6.45) is 5.64. The molecular formula is C25H20ClN3O5S2. The Bertz CT molecular complexity index is 1530.